The number of carbonyl (C=O) groups is 9. The van der Waals surface area contributed by atoms with Gasteiger partial charge in [0.25, 0.3) is 0 Å². The molecule has 0 aliphatic carbocycles. The van der Waals surface area contributed by atoms with Crippen LogP contribution in [0.2, 0.25) is 30.1 Å². The minimum Gasteiger partial charge on any atom is -0.497 e. The minimum atomic E-state index is -1.04. The number of nitrogens with two attached hydrogens (primary N) is 1. The van der Waals surface area contributed by atoms with E-state index in [1.54, 1.807) is 143 Å². The number of halogens is 6. The predicted molar refractivity (Wildman–Crippen MR) is 479 cm³/mol. The van der Waals surface area contributed by atoms with Crippen molar-refractivity contribution in [3.05, 3.63) is 341 Å². The van der Waals surface area contributed by atoms with Crippen LogP contribution in [0.3, 0.4) is 0 Å². The van der Waals surface area contributed by atoms with Crippen molar-refractivity contribution in [1.29, 1.82) is 0 Å². The summed E-state index contributed by atoms with van der Waals surface area (Å²) < 4.78 is 19.9. The van der Waals surface area contributed by atoms with E-state index < -0.39 is 82.0 Å². The lowest BCUT2D eigenvalue weighted by molar-refractivity contribution is -0.532. The Labute approximate surface area is 762 Å². The zero-order chi connectivity index (χ0) is 92.9. The van der Waals surface area contributed by atoms with Gasteiger partial charge in [-0.15, -0.1) is 0 Å². The van der Waals surface area contributed by atoms with Gasteiger partial charge in [-0.3, -0.25) is 63.9 Å². The van der Waals surface area contributed by atoms with E-state index in [-0.39, 0.29) is 103 Å². The fraction of sp³-hybridized carbons (Fsp3) is 0.308. The number of amides is 7. The second-order valence-electron chi connectivity index (χ2n) is 29.9. The van der Waals surface area contributed by atoms with Crippen molar-refractivity contribution in [2.45, 2.75) is 122 Å². The molecule has 6 unspecified atom stereocenters. The van der Waals surface area contributed by atoms with Crippen LogP contribution in [-0.2, 0) is 62.7 Å². The molecule has 5 saturated heterocycles. The summed E-state index contributed by atoms with van der Waals surface area (Å²) in [7, 11) is 2.79. The molecule has 36 heteroatoms. The quantitative estimate of drug-likeness (QED) is 0.0122. The molecule has 127 heavy (non-hydrogen) atoms. The van der Waals surface area contributed by atoms with Gasteiger partial charge in [0.05, 0.1) is 67.2 Å². The van der Waals surface area contributed by atoms with Crippen molar-refractivity contribution in [2.24, 2.45) is 41.2 Å². The predicted octanol–water partition coefficient (Wildman–Crippen LogP) is 16.1. The number of hydrogen-bond donors (Lipinski definition) is 7. The number of nitrogens with one attached hydrogen (secondary N) is 6. The van der Waals surface area contributed by atoms with Crippen LogP contribution in [0.4, 0.5) is 9.59 Å². The first-order chi connectivity index (χ1) is 60.6. The third-order valence-electron chi connectivity index (χ3n) is 21.5. The summed E-state index contributed by atoms with van der Waals surface area (Å²) in [6.45, 7) is 10.2. The van der Waals surface area contributed by atoms with Crippen LogP contribution in [0, 0.1) is 65.9 Å². The molecule has 9 aromatic carbocycles. The Bertz CT molecular complexity index is 5200. The van der Waals surface area contributed by atoms with Crippen LogP contribution in [0.1, 0.15) is 127 Å². The maximum atomic E-state index is 12.8. The number of hydrogen-bond acceptors (Lipinski definition) is 20. The van der Waals surface area contributed by atoms with Crippen molar-refractivity contribution in [1.82, 2.24) is 36.8 Å². The zero-order valence-electron chi connectivity index (χ0n) is 70.0. The van der Waals surface area contributed by atoms with Gasteiger partial charge in [0.1, 0.15) is 48.8 Å². The van der Waals surface area contributed by atoms with Gasteiger partial charge in [0.2, 0.25) is 48.2 Å². The number of aldehydes is 1. The fourth-order valence-corrected chi connectivity index (χ4v) is 15.8. The highest BCUT2D eigenvalue weighted by Crippen LogP contribution is 2.43. The summed E-state index contributed by atoms with van der Waals surface area (Å²) in [5, 5.41) is 52.5. The monoisotopic (exact) mass is 1860 g/mol. The van der Waals surface area contributed by atoms with Crippen LogP contribution in [-0.4, -0.2) is 125 Å². The molecule has 30 nitrogen and oxygen atoms in total. The lowest BCUT2D eigenvalue weighted by Crippen LogP contribution is -2.41. The summed E-state index contributed by atoms with van der Waals surface area (Å²) >= 11 is 36.4. The number of nitrogens with zero attached hydrogens (tertiary/aromatic N) is 4. The Morgan fingerprint density at radius 2 is 0.803 bits per heavy atom. The summed E-state index contributed by atoms with van der Waals surface area (Å²) in [5.41, 5.74) is 12.8. The van der Waals surface area contributed by atoms with E-state index in [9.17, 15) is 73.5 Å². The summed E-state index contributed by atoms with van der Waals surface area (Å²) in [6, 6.07) is 63.5. The van der Waals surface area contributed by atoms with Crippen molar-refractivity contribution in [3.63, 3.8) is 0 Å². The van der Waals surface area contributed by atoms with E-state index in [4.69, 9.17) is 89.5 Å². The lowest BCUT2D eigenvalue weighted by Gasteiger charge is -2.26. The first kappa shape index (κ1) is 100. The molecule has 0 saturated carbocycles. The average Bonchev–Trinajstić information content (AvgIpc) is 1.60. The summed E-state index contributed by atoms with van der Waals surface area (Å²) in [4.78, 5) is 138. The highest BCUT2D eigenvalue weighted by molar-refractivity contribution is 6.33. The number of esters is 1. The second-order valence-corrected chi connectivity index (χ2v) is 32.4. The Kier molecular flexibility index (Phi) is 38.2. The second kappa shape index (κ2) is 48.4. The number of carbonyl (C=O) groups excluding carboxylic acids is 9. The number of methoxy groups -OCH3 is 2. The van der Waals surface area contributed by atoms with E-state index in [0.717, 1.165) is 39.7 Å². The molecular formula is C91H95Cl6N11O19. The van der Waals surface area contributed by atoms with Crippen molar-refractivity contribution in [2.75, 3.05) is 20.8 Å². The van der Waals surface area contributed by atoms with E-state index in [1.807, 2.05) is 134 Å². The van der Waals surface area contributed by atoms with Crippen LogP contribution in [0.5, 0.6) is 5.75 Å². The van der Waals surface area contributed by atoms with E-state index in [0.29, 0.717) is 52.6 Å². The van der Waals surface area contributed by atoms with Crippen molar-refractivity contribution in [3.8, 4) is 5.75 Å². The van der Waals surface area contributed by atoms with Crippen molar-refractivity contribution < 1.29 is 76.9 Å². The molecule has 0 radical (unpaired) electrons. The molecule has 5 aliphatic heterocycles. The molecule has 16 atom stereocenters. The van der Waals surface area contributed by atoms with Crippen LogP contribution in [0.25, 0.3) is 0 Å². The molecule has 8 N–H and O–H groups in total. The molecule has 0 aromatic heterocycles. The van der Waals surface area contributed by atoms with Gasteiger partial charge in [-0.1, -0.05) is 272 Å². The SMILES string of the molecule is CC1C(=O)N[C@H](c2ccccc2Cl)[C@H]1N.CC1C(=O)N[C@H](c2ccccc2Cl)[C@H]1[N+](=O)[O-].COC(=O)C(C)C[N+](=O)[O-].COc1ccc(CN2C(=O)C(C)[C@H]([N+](=O)[O-])[C@H]2c2ccccc2Cl)cc1.C[C@@H]1C(=O)NC(c2ccccc2Cl)[C@H]1NC(=O)OCc1ccccc1.C[C@H]1C(=O)NC(c2ccccc2Cl)[C@H]1NC(=O)OCc1ccccc1.O=Cc1ccccc1Cl. The van der Waals surface area contributed by atoms with E-state index >= 15 is 0 Å². The van der Waals surface area contributed by atoms with Gasteiger partial charge in [0, 0.05) is 63.6 Å². The third-order valence-corrected chi connectivity index (χ3v) is 23.6. The van der Waals surface area contributed by atoms with Gasteiger partial charge in [0.15, 0.2) is 6.29 Å². The molecule has 14 rings (SSSR count). The molecule has 5 aliphatic rings. The molecular weight excluding hydrogens is 1760 g/mol. The van der Waals surface area contributed by atoms with E-state index in [2.05, 4.69) is 36.6 Å². The number of nitro groups is 3. The summed E-state index contributed by atoms with van der Waals surface area (Å²) in [5.74, 6) is -3.59. The van der Waals surface area contributed by atoms with Crippen LogP contribution in [0.15, 0.2) is 231 Å². The lowest BCUT2D eigenvalue weighted by atomic mass is 9.95. The Hall–Kier alpha value is -12.3. The van der Waals surface area contributed by atoms with Gasteiger partial charge in [-0.05, 0) is 108 Å². The van der Waals surface area contributed by atoms with Gasteiger partial charge in [-0.25, -0.2) is 9.59 Å². The maximum absolute atomic E-state index is 12.8. The fourth-order valence-electron chi connectivity index (χ4n) is 14.4. The topological polar surface area (TPSA) is 421 Å². The Morgan fingerprint density at radius 3 is 1.17 bits per heavy atom. The Balaban J connectivity index is 0.000000189. The number of ether oxygens (including phenoxy) is 4. The Morgan fingerprint density at radius 1 is 0.449 bits per heavy atom. The van der Waals surface area contributed by atoms with E-state index in [1.165, 1.54) is 14.0 Å². The number of rotatable bonds is 20. The normalized spacial score (nSPS) is 22.3. The number of likely N-dealkylation sites (tertiary alicyclic amines) is 1. The highest BCUT2D eigenvalue weighted by atomic mass is 35.5. The van der Waals surface area contributed by atoms with Crippen LogP contribution < -0.4 is 42.4 Å². The zero-order valence-corrected chi connectivity index (χ0v) is 74.5. The first-order valence-electron chi connectivity index (χ1n) is 39.8. The average molecular weight is 1860 g/mol. The van der Waals surface area contributed by atoms with Gasteiger partial charge in [-0.2, -0.15) is 0 Å². The summed E-state index contributed by atoms with van der Waals surface area (Å²) in [6.07, 6.45) is -0.383. The molecule has 9 aromatic rings. The van der Waals surface area contributed by atoms with Crippen molar-refractivity contribution >= 4 is 124 Å². The molecule has 7 amide bonds. The maximum Gasteiger partial charge on any atom is 0.407 e. The molecule has 0 bridgehead atoms. The smallest absolute Gasteiger partial charge is 0.407 e. The largest absolute Gasteiger partial charge is 0.497 e. The highest BCUT2D eigenvalue weighted by Gasteiger charge is 2.55. The molecule has 670 valence electrons. The first-order valence-corrected chi connectivity index (χ1v) is 42.1. The standard InChI is InChI=1S/C19H19ClN2O4.2C19H19ClN2O3.C11H11ClN2O3.C11H13ClN2O.C7H5ClO.C5H9NO4/c1-12-17(22(24)25)18(15-5-3-4-6-16(15)20)21(19(12)23)11-13-7-9-14(26-2)10-8-13;2*1-12-16(22-19(24)25-11-13-7-3-2-4-8-13)17(21-18(12)23)14-9-5-6-10-15(14)20;1-6-10(14(16)17)9(13-11(6)15)7-4-2-3-5-8(7)12;1-6-9(13)10(14-11(6)15)7-4-2-3-5-8(7)12;8-7-4-2-1-3-6(7)5-9;1-4(3-6(8)9)5(7)10-2/h3-10,12,17-18H,11H2,1-2H3;2*2-10,12,16-17H,11H2,1H3,(H,21,23)(H,22,24);2-6,9-10H,1H3,(H,13,15);2-6,9-10H,13H2,1H3,(H,14,15);1-5H;4H,3H2,1-2H3/t12?,17-,18+;12-,16+,17?;12-,16-,17?;2*6?,9-,10+;;/m01010../s1. The van der Waals surface area contributed by atoms with Crippen LogP contribution >= 0.6 is 69.6 Å². The molecule has 5 heterocycles. The number of benzene rings is 9. The third kappa shape index (κ3) is 27.4. The van der Waals surface area contributed by atoms with Gasteiger partial charge >= 0.3 is 18.2 Å². The molecule has 5 fully saturated rings. The van der Waals surface area contributed by atoms with Gasteiger partial charge < -0.3 is 61.5 Å². The number of alkyl carbamates (subject to hydrolysis) is 2. The minimum absolute atomic E-state index is 0.00702. The molecule has 0 spiro atoms.